The number of primary amides is 1. The molecule has 0 spiro atoms. The van der Waals surface area contributed by atoms with E-state index in [9.17, 15) is 14.9 Å². The van der Waals surface area contributed by atoms with Crippen LogP contribution in [-0.2, 0) is 17.6 Å². The van der Waals surface area contributed by atoms with Gasteiger partial charge in [-0.25, -0.2) is 4.98 Å². The fraction of sp³-hybridized carbons (Fsp3) is 0.300. The van der Waals surface area contributed by atoms with Gasteiger partial charge in [-0.3, -0.25) is 9.59 Å². The third kappa shape index (κ3) is 4.29. The minimum atomic E-state index is -0.512. The van der Waals surface area contributed by atoms with Crippen molar-refractivity contribution in [2.45, 2.75) is 42.9 Å². The van der Waals surface area contributed by atoms with E-state index in [0.717, 1.165) is 30.5 Å². The van der Waals surface area contributed by atoms with Crippen LogP contribution < -0.4 is 11.1 Å². The van der Waals surface area contributed by atoms with Gasteiger partial charge >= 0.3 is 0 Å². The number of rotatable bonds is 6. The summed E-state index contributed by atoms with van der Waals surface area (Å²) in [5, 5.41) is 12.5. The average molecular weight is 380 g/mol. The van der Waals surface area contributed by atoms with Crippen LogP contribution in [0.5, 0.6) is 0 Å². The molecule has 0 saturated carbocycles. The summed E-state index contributed by atoms with van der Waals surface area (Å²) in [7, 11) is 0. The van der Waals surface area contributed by atoms with Gasteiger partial charge in [0.15, 0.2) is 0 Å². The quantitative estimate of drug-likeness (QED) is 0.749. The summed E-state index contributed by atoms with van der Waals surface area (Å²) in [4.78, 5) is 28.4. The summed E-state index contributed by atoms with van der Waals surface area (Å²) >= 11 is 1.32. The van der Waals surface area contributed by atoms with Crippen LogP contribution in [-0.4, -0.2) is 22.0 Å². The van der Waals surface area contributed by atoms with Crippen LogP contribution in [0.4, 0.5) is 5.69 Å². The highest BCUT2D eigenvalue weighted by Crippen LogP contribution is 2.31. The lowest BCUT2D eigenvalue weighted by molar-refractivity contribution is -0.115. The smallest absolute Gasteiger partial charge is 0.248 e. The number of amides is 2. The van der Waals surface area contributed by atoms with Crippen LogP contribution >= 0.6 is 11.8 Å². The Hall–Kier alpha value is -2.85. The SMILES string of the molecule is CCC(Sc1nc2c(cc1C#N)CCC2)C(=O)Nc1ccc(C(N)=O)cc1. The van der Waals surface area contributed by atoms with Crippen molar-refractivity contribution in [1.29, 1.82) is 5.26 Å². The van der Waals surface area contributed by atoms with Gasteiger partial charge in [-0.1, -0.05) is 18.7 Å². The number of thioether (sulfide) groups is 1. The van der Waals surface area contributed by atoms with Crippen molar-refractivity contribution in [3.63, 3.8) is 0 Å². The molecule has 7 heteroatoms. The monoisotopic (exact) mass is 380 g/mol. The molecule has 1 atom stereocenters. The van der Waals surface area contributed by atoms with Crippen molar-refractivity contribution in [2.75, 3.05) is 5.32 Å². The molecule has 1 aromatic heterocycles. The molecule has 1 aliphatic rings. The molecule has 0 aliphatic heterocycles. The molecule has 1 aromatic carbocycles. The Morgan fingerprint density at radius 1 is 1.33 bits per heavy atom. The molecular formula is C20H20N4O2S. The summed E-state index contributed by atoms with van der Waals surface area (Å²) in [6, 6.07) is 10.5. The van der Waals surface area contributed by atoms with Crippen molar-refractivity contribution < 1.29 is 9.59 Å². The largest absolute Gasteiger partial charge is 0.366 e. The van der Waals surface area contributed by atoms with Gasteiger partial charge in [-0.15, -0.1) is 0 Å². The molecule has 0 fully saturated rings. The minimum absolute atomic E-state index is 0.166. The molecule has 27 heavy (non-hydrogen) atoms. The van der Waals surface area contributed by atoms with Crippen LogP contribution in [0.1, 0.15) is 46.9 Å². The fourth-order valence-electron chi connectivity index (χ4n) is 3.02. The van der Waals surface area contributed by atoms with Crippen molar-refractivity contribution in [1.82, 2.24) is 4.98 Å². The number of nitriles is 1. The Morgan fingerprint density at radius 3 is 2.70 bits per heavy atom. The van der Waals surface area contributed by atoms with E-state index in [1.165, 1.54) is 11.8 Å². The van der Waals surface area contributed by atoms with Crippen LogP contribution in [0.2, 0.25) is 0 Å². The van der Waals surface area contributed by atoms with Crippen LogP contribution in [0.25, 0.3) is 0 Å². The predicted octanol–water partition coefficient (Wildman–Crippen LogP) is 3.05. The number of fused-ring (bicyclic) bond motifs is 1. The Bertz CT molecular complexity index is 919. The van der Waals surface area contributed by atoms with Gasteiger partial charge in [-0.2, -0.15) is 5.26 Å². The summed E-state index contributed by atoms with van der Waals surface area (Å²) < 4.78 is 0. The van der Waals surface area contributed by atoms with Gasteiger partial charge < -0.3 is 11.1 Å². The second kappa shape index (κ2) is 8.23. The van der Waals surface area contributed by atoms with Crippen molar-refractivity contribution in [3.05, 3.63) is 52.7 Å². The molecule has 2 amide bonds. The number of carbonyl (C=O) groups excluding carboxylic acids is 2. The Labute approximate surface area is 162 Å². The van der Waals surface area contributed by atoms with Crippen LogP contribution in [0.3, 0.4) is 0 Å². The third-order valence-corrected chi connectivity index (χ3v) is 5.86. The molecule has 0 radical (unpaired) electrons. The normalized spacial score (nSPS) is 13.5. The molecule has 3 N–H and O–H groups in total. The van der Waals surface area contributed by atoms with Gasteiger partial charge in [0.2, 0.25) is 11.8 Å². The summed E-state index contributed by atoms with van der Waals surface area (Å²) in [6.45, 7) is 1.92. The minimum Gasteiger partial charge on any atom is -0.366 e. The van der Waals surface area contributed by atoms with E-state index < -0.39 is 5.91 Å². The maximum atomic E-state index is 12.7. The first-order valence-corrected chi connectivity index (χ1v) is 9.70. The van der Waals surface area contributed by atoms with Gasteiger partial charge in [0.1, 0.15) is 11.1 Å². The second-order valence-corrected chi connectivity index (χ2v) is 7.55. The highest BCUT2D eigenvalue weighted by atomic mass is 32.2. The number of nitrogens with zero attached hydrogens (tertiary/aromatic N) is 2. The molecule has 138 valence electrons. The number of benzene rings is 1. The van der Waals surface area contributed by atoms with Gasteiger partial charge in [0.05, 0.1) is 10.8 Å². The first-order valence-electron chi connectivity index (χ1n) is 8.82. The molecule has 6 nitrogen and oxygen atoms in total. The lowest BCUT2D eigenvalue weighted by atomic mass is 10.2. The highest BCUT2D eigenvalue weighted by molar-refractivity contribution is 8.00. The standard InChI is InChI=1S/C20H20N4O2S/c1-2-17(19(26)23-15-8-6-12(7-9-15)18(22)25)27-20-14(11-21)10-13-4-3-5-16(13)24-20/h6-10,17H,2-5H2,1H3,(H2,22,25)(H,23,26). The summed E-state index contributed by atoms with van der Waals surface area (Å²) in [6.07, 6.45) is 3.53. The van der Waals surface area contributed by atoms with E-state index in [0.29, 0.717) is 28.3 Å². The van der Waals surface area contributed by atoms with E-state index in [2.05, 4.69) is 16.4 Å². The topological polar surface area (TPSA) is 109 Å². The average Bonchev–Trinajstić information content (AvgIpc) is 3.12. The van der Waals surface area contributed by atoms with Gasteiger partial charge in [0, 0.05) is 16.9 Å². The molecule has 1 aliphatic carbocycles. The van der Waals surface area contributed by atoms with E-state index in [1.54, 1.807) is 24.3 Å². The first kappa shape index (κ1) is 18.9. The van der Waals surface area contributed by atoms with E-state index in [-0.39, 0.29) is 11.2 Å². The number of hydrogen-bond acceptors (Lipinski definition) is 5. The van der Waals surface area contributed by atoms with E-state index >= 15 is 0 Å². The zero-order valence-electron chi connectivity index (χ0n) is 15.0. The number of aromatic nitrogens is 1. The predicted molar refractivity (Wildman–Crippen MR) is 105 cm³/mol. The molecule has 1 unspecified atom stereocenters. The number of pyridine rings is 1. The second-order valence-electron chi connectivity index (χ2n) is 6.36. The van der Waals surface area contributed by atoms with E-state index in [4.69, 9.17) is 5.73 Å². The lowest BCUT2D eigenvalue weighted by Crippen LogP contribution is -2.25. The molecule has 3 rings (SSSR count). The maximum absolute atomic E-state index is 12.7. The van der Waals surface area contributed by atoms with Gasteiger partial charge in [0.25, 0.3) is 0 Å². The zero-order chi connectivity index (χ0) is 19.4. The summed E-state index contributed by atoms with van der Waals surface area (Å²) in [5.41, 5.74) is 8.90. The molecule has 0 saturated heterocycles. The van der Waals surface area contributed by atoms with Crippen molar-refractivity contribution >= 4 is 29.3 Å². The zero-order valence-corrected chi connectivity index (χ0v) is 15.8. The maximum Gasteiger partial charge on any atom is 0.248 e. The number of anilines is 1. The number of nitrogens with one attached hydrogen (secondary N) is 1. The first-order chi connectivity index (χ1) is 13.0. The lowest BCUT2D eigenvalue weighted by Gasteiger charge is -2.16. The fourth-order valence-corrected chi connectivity index (χ4v) is 4.02. The van der Waals surface area contributed by atoms with Gasteiger partial charge in [-0.05, 0) is 61.6 Å². The van der Waals surface area contributed by atoms with Crippen molar-refractivity contribution in [3.8, 4) is 6.07 Å². The third-order valence-electron chi connectivity index (χ3n) is 4.49. The van der Waals surface area contributed by atoms with Crippen molar-refractivity contribution in [2.24, 2.45) is 5.73 Å². The molecule has 2 aromatic rings. The highest BCUT2D eigenvalue weighted by Gasteiger charge is 2.23. The number of nitrogens with two attached hydrogens (primary N) is 1. The van der Waals surface area contributed by atoms with Crippen LogP contribution in [0.15, 0.2) is 35.4 Å². The Morgan fingerprint density at radius 2 is 2.07 bits per heavy atom. The number of hydrogen-bond donors (Lipinski definition) is 2. The Kier molecular flexibility index (Phi) is 5.77. The molecule has 1 heterocycles. The van der Waals surface area contributed by atoms with Crippen LogP contribution in [0, 0.1) is 11.3 Å². The molecule has 0 bridgehead atoms. The number of aryl methyl sites for hydroxylation is 2. The van der Waals surface area contributed by atoms with E-state index in [1.807, 2.05) is 13.0 Å². The summed E-state index contributed by atoms with van der Waals surface area (Å²) in [5.74, 6) is -0.679. The Balaban J connectivity index is 1.74. The molecular weight excluding hydrogens is 360 g/mol. The number of carbonyl (C=O) groups is 2.